The number of rotatable bonds is 6. The molecule has 0 aliphatic rings. The van der Waals surface area contributed by atoms with Crippen molar-refractivity contribution in [1.29, 1.82) is 0 Å². The fraction of sp³-hybridized carbons (Fsp3) is 0.417. The van der Waals surface area contributed by atoms with Crippen molar-refractivity contribution < 1.29 is 9.18 Å². The van der Waals surface area contributed by atoms with Crippen LogP contribution in [0.1, 0.15) is 29.6 Å². The Morgan fingerprint density at radius 1 is 1.35 bits per heavy atom. The van der Waals surface area contributed by atoms with Gasteiger partial charge in [-0.3, -0.25) is 4.79 Å². The number of nitrogens with one attached hydrogen (secondary N) is 1. The second-order valence-electron chi connectivity index (χ2n) is 3.63. The van der Waals surface area contributed by atoms with Gasteiger partial charge < -0.3 is 5.32 Å². The van der Waals surface area contributed by atoms with Gasteiger partial charge in [0, 0.05) is 16.9 Å². The Kier molecular flexibility index (Phi) is 6.52. The van der Waals surface area contributed by atoms with Crippen molar-refractivity contribution in [2.24, 2.45) is 0 Å². The van der Waals surface area contributed by atoms with Crippen LogP contribution in [-0.2, 0) is 0 Å². The first-order valence-electron chi connectivity index (χ1n) is 5.44. The first kappa shape index (κ1) is 14.5. The van der Waals surface area contributed by atoms with Gasteiger partial charge in [0.2, 0.25) is 0 Å². The Bertz CT molecular complexity index is 387. The van der Waals surface area contributed by atoms with E-state index in [4.69, 9.17) is 11.6 Å². The summed E-state index contributed by atoms with van der Waals surface area (Å²) < 4.78 is 14.0. The van der Waals surface area contributed by atoms with Crippen molar-refractivity contribution >= 4 is 33.4 Å². The van der Waals surface area contributed by atoms with Gasteiger partial charge in [-0.2, -0.15) is 0 Å². The van der Waals surface area contributed by atoms with E-state index in [9.17, 15) is 9.18 Å². The third-order valence-corrected chi connectivity index (χ3v) is 3.03. The molecule has 0 heterocycles. The van der Waals surface area contributed by atoms with E-state index in [1.165, 1.54) is 12.1 Å². The monoisotopic (exact) mass is 321 g/mol. The Labute approximate surface area is 114 Å². The minimum atomic E-state index is -0.516. The smallest absolute Gasteiger partial charge is 0.254 e. The van der Waals surface area contributed by atoms with Gasteiger partial charge in [0.25, 0.3) is 5.91 Å². The molecular weight excluding hydrogens is 308 g/mol. The van der Waals surface area contributed by atoms with Crippen LogP contribution in [0.3, 0.4) is 0 Å². The molecule has 1 amide bonds. The molecule has 0 atom stereocenters. The molecule has 0 aliphatic heterocycles. The standard InChI is InChI=1S/C12H14BrClFNO/c13-9-4-5-10(11(15)8-9)12(17)16-7-3-1-2-6-14/h4-5,8H,1-3,6-7H2,(H,16,17). The lowest BCUT2D eigenvalue weighted by Gasteiger charge is -2.06. The van der Waals surface area contributed by atoms with Crippen molar-refractivity contribution in [2.45, 2.75) is 19.3 Å². The summed E-state index contributed by atoms with van der Waals surface area (Å²) in [6.45, 7) is 0.547. The number of carbonyl (C=O) groups is 1. The van der Waals surface area contributed by atoms with E-state index in [0.717, 1.165) is 19.3 Å². The molecule has 1 rings (SSSR count). The van der Waals surface area contributed by atoms with E-state index in [2.05, 4.69) is 21.2 Å². The van der Waals surface area contributed by atoms with E-state index < -0.39 is 5.82 Å². The van der Waals surface area contributed by atoms with Crippen LogP contribution in [-0.4, -0.2) is 18.3 Å². The molecule has 0 fully saturated rings. The molecule has 1 N–H and O–H groups in total. The van der Waals surface area contributed by atoms with Crippen LogP contribution in [0.15, 0.2) is 22.7 Å². The predicted octanol–water partition coefficient (Wildman–Crippen LogP) is 3.73. The quantitative estimate of drug-likeness (QED) is 0.627. The number of hydrogen-bond acceptors (Lipinski definition) is 1. The van der Waals surface area contributed by atoms with Gasteiger partial charge in [-0.05, 0) is 31.0 Å². The summed E-state index contributed by atoms with van der Waals surface area (Å²) in [5.41, 5.74) is 0.0746. The zero-order valence-electron chi connectivity index (χ0n) is 9.31. The van der Waals surface area contributed by atoms with E-state index in [1.54, 1.807) is 6.07 Å². The van der Waals surface area contributed by atoms with Gasteiger partial charge in [-0.15, -0.1) is 11.6 Å². The molecule has 0 bridgehead atoms. The van der Waals surface area contributed by atoms with Gasteiger partial charge in [0.15, 0.2) is 0 Å². The molecular formula is C12H14BrClFNO. The van der Waals surface area contributed by atoms with Gasteiger partial charge in [0.1, 0.15) is 5.82 Å². The minimum absolute atomic E-state index is 0.0746. The fourth-order valence-corrected chi connectivity index (χ4v) is 1.89. The lowest BCUT2D eigenvalue weighted by Crippen LogP contribution is -2.25. The number of alkyl halides is 1. The van der Waals surface area contributed by atoms with Crippen LogP contribution in [0.25, 0.3) is 0 Å². The lowest BCUT2D eigenvalue weighted by molar-refractivity contribution is 0.0949. The highest BCUT2D eigenvalue weighted by atomic mass is 79.9. The Hall–Kier alpha value is -0.610. The molecule has 17 heavy (non-hydrogen) atoms. The summed E-state index contributed by atoms with van der Waals surface area (Å²) in [4.78, 5) is 11.6. The topological polar surface area (TPSA) is 29.1 Å². The van der Waals surface area contributed by atoms with E-state index in [-0.39, 0.29) is 11.5 Å². The third-order valence-electron chi connectivity index (χ3n) is 2.27. The maximum absolute atomic E-state index is 13.4. The first-order valence-corrected chi connectivity index (χ1v) is 6.77. The Morgan fingerprint density at radius 2 is 2.12 bits per heavy atom. The van der Waals surface area contributed by atoms with Crippen LogP contribution in [0, 0.1) is 5.82 Å². The third kappa shape index (κ3) is 5.04. The van der Waals surface area contributed by atoms with Crippen molar-refractivity contribution in [3.63, 3.8) is 0 Å². The van der Waals surface area contributed by atoms with Crippen molar-refractivity contribution in [1.82, 2.24) is 5.32 Å². The number of benzene rings is 1. The summed E-state index contributed by atoms with van der Waals surface area (Å²) >= 11 is 8.68. The molecule has 1 aromatic carbocycles. The number of carbonyl (C=O) groups excluding carboxylic acids is 1. The summed E-state index contributed by atoms with van der Waals surface area (Å²) in [6.07, 6.45) is 2.76. The average Bonchev–Trinajstić information content (AvgIpc) is 2.28. The van der Waals surface area contributed by atoms with Crippen molar-refractivity contribution in [2.75, 3.05) is 12.4 Å². The number of amides is 1. The van der Waals surface area contributed by atoms with Gasteiger partial charge in [0.05, 0.1) is 5.56 Å². The largest absolute Gasteiger partial charge is 0.352 e. The second-order valence-corrected chi connectivity index (χ2v) is 4.92. The molecule has 0 unspecified atom stereocenters. The molecule has 0 aliphatic carbocycles. The zero-order valence-corrected chi connectivity index (χ0v) is 11.7. The normalized spacial score (nSPS) is 10.3. The van der Waals surface area contributed by atoms with Gasteiger partial charge in [-0.25, -0.2) is 4.39 Å². The molecule has 0 radical (unpaired) electrons. The van der Waals surface area contributed by atoms with Gasteiger partial charge >= 0.3 is 0 Å². The summed E-state index contributed by atoms with van der Waals surface area (Å²) in [5, 5.41) is 2.68. The minimum Gasteiger partial charge on any atom is -0.352 e. The van der Waals surface area contributed by atoms with Crippen LogP contribution >= 0.6 is 27.5 Å². The van der Waals surface area contributed by atoms with Crippen LogP contribution in [0.5, 0.6) is 0 Å². The summed E-state index contributed by atoms with van der Waals surface area (Å²) in [5.74, 6) is -0.256. The summed E-state index contributed by atoms with van der Waals surface area (Å²) in [6, 6.07) is 4.39. The maximum atomic E-state index is 13.4. The van der Waals surface area contributed by atoms with E-state index in [1.807, 2.05) is 0 Å². The highest BCUT2D eigenvalue weighted by Crippen LogP contribution is 2.15. The maximum Gasteiger partial charge on any atom is 0.254 e. The molecule has 0 saturated heterocycles. The number of halogens is 3. The Balaban J connectivity index is 2.42. The highest BCUT2D eigenvalue weighted by molar-refractivity contribution is 9.10. The van der Waals surface area contributed by atoms with Crippen LogP contribution in [0.4, 0.5) is 4.39 Å². The molecule has 0 saturated carbocycles. The molecule has 1 aromatic rings. The first-order chi connectivity index (χ1) is 8.15. The predicted molar refractivity (Wildman–Crippen MR) is 71.0 cm³/mol. The SMILES string of the molecule is O=C(NCCCCCCl)c1ccc(Br)cc1F. The summed E-state index contributed by atoms with van der Waals surface area (Å²) in [7, 11) is 0. The van der Waals surface area contributed by atoms with E-state index in [0.29, 0.717) is 16.9 Å². The zero-order chi connectivity index (χ0) is 12.7. The van der Waals surface area contributed by atoms with Crippen molar-refractivity contribution in [3.05, 3.63) is 34.1 Å². The molecule has 5 heteroatoms. The average molecular weight is 323 g/mol. The number of hydrogen-bond donors (Lipinski definition) is 1. The molecule has 0 aromatic heterocycles. The fourth-order valence-electron chi connectivity index (χ4n) is 1.37. The van der Waals surface area contributed by atoms with Gasteiger partial charge in [-0.1, -0.05) is 22.4 Å². The highest BCUT2D eigenvalue weighted by Gasteiger charge is 2.10. The van der Waals surface area contributed by atoms with Crippen molar-refractivity contribution in [3.8, 4) is 0 Å². The molecule has 0 spiro atoms. The van der Waals surface area contributed by atoms with Crippen LogP contribution < -0.4 is 5.32 Å². The van der Waals surface area contributed by atoms with E-state index >= 15 is 0 Å². The molecule has 2 nitrogen and oxygen atoms in total. The Morgan fingerprint density at radius 3 is 2.76 bits per heavy atom. The molecule has 94 valence electrons. The number of unbranched alkanes of at least 4 members (excludes halogenated alkanes) is 2. The lowest BCUT2D eigenvalue weighted by atomic mass is 10.2. The van der Waals surface area contributed by atoms with Crippen LogP contribution in [0.2, 0.25) is 0 Å². The second kappa shape index (κ2) is 7.67.